The molecular weight excluding hydrogens is 376 g/mol. The second kappa shape index (κ2) is 7.76. The Morgan fingerprint density at radius 1 is 1.46 bits per heavy atom. The number of anilines is 1. The fraction of sp³-hybridized carbons (Fsp3) is 0.176. The SMILES string of the molecule is C=CCn1c(SCC(=O)Nc2cc(C)no2)nc2cc(Cl)ccc2c1=O. The van der Waals surface area contributed by atoms with Gasteiger partial charge in [-0.2, -0.15) is 0 Å². The molecule has 26 heavy (non-hydrogen) atoms. The van der Waals surface area contributed by atoms with Gasteiger partial charge in [-0.1, -0.05) is 34.6 Å². The van der Waals surface area contributed by atoms with E-state index >= 15 is 0 Å². The number of carbonyl (C=O) groups is 1. The van der Waals surface area contributed by atoms with E-state index in [0.29, 0.717) is 26.8 Å². The lowest BCUT2D eigenvalue weighted by molar-refractivity contribution is -0.113. The summed E-state index contributed by atoms with van der Waals surface area (Å²) in [5, 5.41) is 7.66. The predicted octanol–water partition coefficient (Wildman–Crippen LogP) is 3.26. The quantitative estimate of drug-likeness (QED) is 0.394. The van der Waals surface area contributed by atoms with E-state index in [1.807, 2.05) is 0 Å². The number of benzene rings is 1. The van der Waals surface area contributed by atoms with Gasteiger partial charge in [0, 0.05) is 17.6 Å². The summed E-state index contributed by atoms with van der Waals surface area (Å²) < 4.78 is 6.42. The molecule has 3 rings (SSSR count). The Morgan fingerprint density at radius 3 is 2.96 bits per heavy atom. The first kappa shape index (κ1) is 18.2. The summed E-state index contributed by atoms with van der Waals surface area (Å²) in [4.78, 5) is 29.3. The van der Waals surface area contributed by atoms with Crippen molar-refractivity contribution in [3.8, 4) is 0 Å². The first-order valence-corrected chi connectivity index (χ1v) is 9.01. The second-order valence-corrected chi connectivity index (χ2v) is 6.81. The van der Waals surface area contributed by atoms with Crippen LogP contribution in [0.15, 0.2) is 51.4 Å². The number of amides is 1. The fourth-order valence-corrected chi connectivity index (χ4v) is 3.28. The van der Waals surface area contributed by atoms with E-state index in [0.717, 1.165) is 11.8 Å². The van der Waals surface area contributed by atoms with Gasteiger partial charge in [0.1, 0.15) is 0 Å². The van der Waals surface area contributed by atoms with Gasteiger partial charge in [-0.15, -0.1) is 6.58 Å². The number of fused-ring (bicyclic) bond motifs is 1. The van der Waals surface area contributed by atoms with Gasteiger partial charge in [0.2, 0.25) is 11.8 Å². The maximum atomic E-state index is 12.7. The predicted molar refractivity (Wildman–Crippen MR) is 102 cm³/mol. The number of nitrogens with one attached hydrogen (secondary N) is 1. The molecule has 0 saturated heterocycles. The zero-order valence-corrected chi connectivity index (χ0v) is 15.4. The number of thioether (sulfide) groups is 1. The number of allylic oxidation sites excluding steroid dienone is 1. The highest BCUT2D eigenvalue weighted by Crippen LogP contribution is 2.21. The molecule has 7 nitrogen and oxygen atoms in total. The Hall–Kier alpha value is -2.58. The van der Waals surface area contributed by atoms with Crippen molar-refractivity contribution >= 4 is 46.1 Å². The molecule has 0 saturated carbocycles. The van der Waals surface area contributed by atoms with Crippen LogP contribution in [0.3, 0.4) is 0 Å². The van der Waals surface area contributed by atoms with Crippen molar-refractivity contribution in [2.45, 2.75) is 18.6 Å². The summed E-state index contributed by atoms with van der Waals surface area (Å²) in [6.45, 7) is 5.71. The number of nitrogens with zero attached hydrogens (tertiary/aromatic N) is 3. The zero-order chi connectivity index (χ0) is 18.7. The van der Waals surface area contributed by atoms with Crippen LogP contribution < -0.4 is 10.9 Å². The van der Waals surface area contributed by atoms with Gasteiger partial charge in [-0.25, -0.2) is 4.98 Å². The lowest BCUT2D eigenvalue weighted by Gasteiger charge is -2.11. The maximum Gasteiger partial charge on any atom is 0.262 e. The smallest absolute Gasteiger partial charge is 0.262 e. The number of carbonyl (C=O) groups excluding carboxylic acids is 1. The zero-order valence-electron chi connectivity index (χ0n) is 13.9. The van der Waals surface area contributed by atoms with Gasteiger partial charge < -0.3 is 4.52 Å². The maximum absolute atomic E-state index is 12.7. The Labute approximate surface area is 158 Å². The molecule has 0 aliphatic heterocycles. The van der Waals surface area contributed by atoms with Crippen molar-refractivity contribution in [3.05, 3.63) is 58.0 Å². The number of hydrogen-bond donors (Lipinski definition) is 1. The van der Waals surface area contributed by atoms with E-state index < -0.39 is 0 Å². The number of halogens is 1. The first-order chi connectivity index (χ1) is 12.5. The second-order valence-electron chi connectivity index (χ2n) is 5.43. The molecular formula is C17H15ClN4O3S. The van der Waals surface area contributed by atoms with Gasteiger partial charge >= 0.3 is 0 Å². The number of aromatic nitrogens is 3. The van der Waals surface area contributed by atoms with E-state index in [2.05, 4.69) is 22.0 Å². The lowest BCUT2D eigenvalue weighted by Crippen LogP contribution is -2.23. The lowest BCUT2D eigenvalue weighted by atomic mass is 10.2. The average Bonchev–Trinajstić information content (AvgIpc) is 3.00. The van der Waals surface area contributed by atoms with Crippen LogP contribution in [-0.2, 0) is 11.3 Å². The van der Waals surface area contributed by atoms with Gasteiger partial charge in [-0.05, 0) is 25.1 Å². The topological polar surface area (TPSA) is 90.0 Å². The summed E-state index contributed by atoms with van der Waals surface area (Å²) in [5.41, 5.74) is 0.942. The summed E-state index contributed by atoms with van der Waals surface area (Å²) in [5.74, 6) is 0.0293. The molecule has 0 atom stereocenters. The summed E-state index contributed by atoms with van der Waals surface area (Å²) in [7, 11) is 0. The van der Waals surface area contributed by atoms with Crippen molar-refractivity contribution in [1.29, 1.82) is 0 Å². The van der Waals surface area contributed by atoms with Crippen LogP contribution in [0, 0.1) is 6.92 Å². The van der Waals surface area contributed by atoms with E-state index in [4.69, 9.17) is 16.1 Å². The van der Waals surface area contributed by atoms with E-state index in [1.54, 1.807) is 37.3 Å². The summed E-state index contributed by atoms with van der Waals surface area (Å²) in [6.07, 6.45) is 1.60. The van der Waals surface area contributed by atoms with Gasteiger partial charge in [-0.3, -0.25) is 19.5 Å². The fourth-order valence-electron chi connectivity index (χ4n) is 2.30. The molecule has 1 amide bonds. The van der Waals surface area contributed by atoms with Crippen molar-refractivity contribution in [1.82, 2.24) is 14.7 Å². The molecule has 0 bridgehead atoms. The highest BCUT2D eigenvalue weighted by atomic mass is 35.5. The van der Waals surface area contributed by atoms with Crippen LogP contribution >= 0.6 is 23.4 Å². The first-order valence-electron chi connectivity index (χ1n) is 7.65. The summed E-state index contributed by atoms with van der Waals surface area (Å²) in [6, 6.07) is 6.52. The van der Waals surface area contributed by atoms with E-state index in [-0.39, 0.29) is 29.6 Å². The Balaban J connectivity index is 1.85. The third-order valence-electron chi connectivity index (χ3n) is 3.42. The standard InChI is InChI=1S/C17H15ClN4O3S/c1-3-6-22-16(24)12-5-4-11(18)8-13(12)19-17(22)26-9-14(23)20-15-7-10(2)21-25-15/h3-5,7-8H,1,6,9H2,2H3,(H,20,23). The van der Waals surface area contributed by atoms with Crippen LogP contribution in [0.2, 0.25) is 5.02 Å². The minimum absolute atomic E-state index is 0.0510. The van der Waals surface area contributed by atoms with Crippen LogP contribution in [0.25, 0.3) is 10.9 Å². The van der Waals surface area contributed by atoms with Crippen LogP contribution in [0.5, 0.6) is 0 Å². The van der Waals surface area contributed by atoms with Gasteiger partial charge in [0.05, 0.1) is 22.3 Å². The largest absolute Gasteiger partial charge is 0.338 e. The molecule has 0 radical (unpaired) electrons. The number of rotatable bonds is 6. The number of hydrogen-bond acceptors (Lipinski definition) is 6. The van der Waals surface area contributed by atoms with Crippen molar-refractivity contribution in [3.63, 3.8) is 0 Å². The molecule has 1 aromatic carbocycles. The van der Waals surface area contributed by atoms with Crippen molar-refractivity contribution in [2.24, 2.45) is 0 Å². The minimum Gasteiger partial charge on any atom is -0.338 e. The molecule has 0 aliphatic carbocycles. The van der Waals surface area contributed by atoms with Gasteiger partial charge in [0.15, 0.2) is 5.16 Å². The third-order valence-corrected chi connectivity index (χ3v) is 4.63. The molecule has 134 valence electrons. The highest BCUT2D eigenvalue weighted by Gasteiger charge is 2.14. The van der Waals surface area contributed by atoms with Crippen molar-refractivity contribution in [2.75, 3.05) is 11.1 Å². The van der Waals surface area contributed by atoms with Crippen molar-refractivity contribution < 1.29 is 9.32 Å². The molecule has 0 unspecified atom stereocenters. The van der Waals surface area contributed by atoms with Crippen LogP contribution in [0.1, 0.15) is 5.69 Å². The van der Waals surface area contributed by atoms with E-state index in [1.165, 1.54) is 4.57 Å². The summed E-state index contributed by atoms with van der Waals surface area (Å²) >= 11 is 7.13. The van der Waals surface area contributed by atoms with Gasteiger partial charge in [0.25, 0.3) is 5.56 Å². The molecule has 1 N–H and O–H groups in total. The normalized spacial score (nSPS) is 10.8. The molecule has 2 heterocycles. The molecule has 0 fully saturated rings. The molecule has 0 aliphatic rings. The number of aryl methyl sites for hydroxylation is 1. The Morgan fingerprint density at radius 2 is 2.27 bits per heavy atom. The Bertz CT molecular complexity index is 1040. The van der Waals surface area contributed by atoms with E-state index in [9.17, 15) is 9.59 Å². The highest BCUT2D eigenvalue weighted by molar-refractivity contribution is 7.99. The Kier molecular flexibility index (Phi) is 5.43. The van der Waals surface area contributed by atoms with Crippen LogP contribution in [0.4, 0.5) is 5.88 Å². The minimum atomic E-state index is -0.295. The average molecular weight is 391 g/mol. The third kappa shape index (κ3) is 3.97. The van der Waals surface area contributed by atoms with Crippen LogP contribution in [-0.4, -0.2) is 26.4 Å². The molecule has 9 heteroatoms. The monoisotopic (exact) mass is 390 g/mol. The molecule has 3 aromatic rings. The molecule has 0 spiro atoms. The molecule has 2 aromatic heterocycles.